The molecule has 7 heteroatoms. The van der Waals surface area contributed by atoms with Gasteiger partial charge in [0.2, 0.25) is 11.4 Å². The molecule has 20 heavy (non-hydrogen) atoms. The van der Waals surface area contributed by atoms with E-state index in [0.717, 1.165) is 0 Å². The maximum atomic E-state index is 12.3. The molecular weight excluding hydrogens is 379 g/mol. The first-order chi connectivity index (χ1) is 9.19. The lowest BCUT2D eigenvalue weighted by Gasteiger charge is -2.21. The Morgan fingerprint density at radius 1 is 1.25 bits per heavy atom. The summed E-state index contributed by atoms with van der Waals surface area (Å²) in [5, 5.41) is 0. The molecule has 0 aromatic rings. The van der Waals surface area contributed by atoms with E-state index in [4.69, 9.17) is 23.7 Å². The van der Waals surface area contributed by atoms with Crippen molar-refractivity contribution in [2.45, 2.75) is 51.0 Å². The zero-order valence-electron chi connectivity index (χ0n) is 11.8. The molecule has 0 radical (unpaired) electrons. The Bertz CT molecular complexity index is 497. The molecule has 3 aliphatic heterocycles. The first-order valence-electron chi connectivity index (χ1n) is 6.43. The fourth-order valence-electron chi connectivity index (χ4n) is 2.60. The number of carbonyl (C=O) groups excluding carboxylic acids is 1. The summed E-state index contributed by atoms with van der Waals surface area (Å²) >= 11 is 2.10. The van der Waals surface area contributed by atoms with E-state index in [2.05, 4.69) is 22.6 Å². The van der Waals surface area contributed by atoms with Crippen LogP contribution in [0.25, 0.3) is 0 Å². The van der Waals surface area contributed by atoms with E-state index in [9.17, 15) is 4.79 Å². The van der Waals surface area contributed by atoms with E-state index in [1.165, 1.54) is 0 Å². The number of cyclic esters (lactones) is 1. The molecule has 6 nitrogen and oxygen atoms in total. The minimum Gasteiger partial charge on any atom is -0.460 e. The molecule has 3 heterocycles. The van der Waals surface area contributed by atoms with Gasteiger partial charge in [0, 0.05) is 18.3 Å². The molecule has 0 saturated carbocycles. The van der Waals surface area contributed by atoms with Crippen molar-refractivity contribution < 1.29 is 28.5 Å². The Morgan fingerprint density at radius 3 is 2.50 bits per heavy atom. The first-order valence-corrected chi connectivity index (χ1v) is 7.95. The molecule has 1 unspecified atom stereocenters. The highest BCUT2D eigenvalue weighted by atomic mass is 127. The topological polar surface area (TPSA) is 63.2 Å². The van der Waals surface area contributed by atoms with Crippen LogP contribution in [0, 0.1) is 0 Å². The Hall–Kier alpha value is -0.380. The number of rotatable bonds is 2. The van der Waals surface area contributed by atoms with Crippen molar-refractivity contribution >= 4 is 28.6 Å². The van der Waals surface area contributed by atoms with Gasteiger partial charge < -0.3 is 23.7 Å². The number of halogens is 1. The predicted molar refractivity (Wildman–Crippen MR) is 75.9 cm³/mol. The molecule has 0 aliphatic carbocycles. The lowest BCUT2D eigenvalue weighted by Crippen LogP contribution is -2.41. The maximum Gasteiger partial charge on any atom is 0.352 e. The van der Waals surface area contributed by atoms with Crippen molar-refractivity contribution in [3.63, 3.8) is 0 Å². The Kier molecular flexibility index (Phi) is 3.14. The van der Waals surface area contributed by atoms with Crippen molar-refractivity contribution in [1.82, 2.24) is 0 Å². The third kappa shape index (κ3) is 2.06. The van der Waals surface area contributed by atoms with Gasteiger partial charge in [-0.1, -0.05) is 22.6 Å². The minimum atomic E-state index is -1.16. The summed E-state index contributed by atoms with van der Waals surface area (Å²) in [6, 6.07) is 0. The van der Waals surface area contributed by atoms with Gasteiger partial charge in [0.15, 0.2) is 17.3 Å². The molecule has 0 N–H and O–H groups in total. The second-order valence-electron chi connectivity index (χ2n) is 5.96. The molecule has 0 bridgehead atoms. The van der Waals surface area contributed by atoms with Crippen LogP contribution in [0.4, 0.5) is 0 Å². The fraction of sp³-hybridized carbons (Fsp3) is 0.769. The summed E-state index contributed by atoms with van der Waals surface area (Å²) < 4.78 is 28.7. The van der Waals surface area contributed by atoms with Crippen LogP contribution in [0.1, 0.15) is 27.7 Å². The van der Waals surface area contributed by atoms with E-state index < -0.39 is 29.2 Å². The first kappa shape index (κ1) is 14.6. The van der Waals surface area contributed by atoms with Gasteiger partial charge in [-0.15, -0.1) is 0 Å². The predicted octanol–water partition coefficient (Wildman–Crippen LogP) is 1.86. The molecular formula is C13H17IO6. The van der Waals surface area contributed by atoms with Crippen molar-refractivity contribution in [2.75, 3.05) is 11.0 Å². The second kappa shape index (κ2) is 4.31. The third-order valence-electron chi connectivity index (χ3n) is 3.38. The zero-order valence-corrected chi connectivity index (χ0v) is 14.0. The lowest BCUT2D eigenvalue weighted by molar-refractivity contribution is -0.185. The summed E-state index contributed by atoms with van der Waals surface area (Å²) in [4.78, 5) is 12.3. The number of fused-ring (bicyclic) bond motifs is 1. The number of carbonyl (C=O) groups is 1. The van der Waals surface area contributed by atoms with Gasteiger partial charge in [0.25, 0.3) is 0 Å². The van der Waals surface area contributed by atoms with Crippen LogP contribution in [0.5, 0.6) is 0 Å². The summed E-state index contributed by atoms with van der Waals surface area (Å²) in [5.74, 6) is -1.21. The van der Waals surface area contributed by atoms with Crippen molar-refractivity contribution in [1.29, 1.82) is 0 Å². The average molecular weight is 396 g/mol. The second-order valence-corrected chi connectivity index (χ2v) is 6.73. The van der Waals surface area contributed by atoms with Crippen molar-refractivity contribution in [2.24, 2.45) is 0 Å². The van der Waals surface area contributed by atoms with Gasteiger partial charge in [-0.2, -0.15) is 0 Å². The summed E-state index contributed by atoms with van der Waals surface area (Å²) in [7, 11) is 0. The van der Waals surface area contributed by atoms with Gasteiger partial charge in [-0.3, -0.25) is 0 Å². The van der Waals surface area contributed by atoms with Crippen LogP contribution >= 0.6 is 22.6 Å². The molecule has 2 saturated heterocycles. The van der Waals surface area contributed by atoms with Crippen LogP contribution in [-0.2, 0) is 28.5 Å². The largest absolute Gasteiger partial charge is 0.460 e. The normalized spacial score (nSPS) is 37.9. The van der Waals surface area contributed by atoms with Crippen LogP contribution < -0.4 is 0 Å². The average Bonchev–Trinajstić information content (AvgIpc) is 2.90. The molecule has 3 rings (SSSR count). The van der Waals surface area contributed by atoms with Crippen LogP contribution in [-0.4, -0.2) is 40.3 Å². The van der Waals surface area contributed by atoms with Gasteiger partial charge >= 0.3 is 5.97 Å². The summed E-state index contributed by atoms with van der Waals surface area (Å²) in [6.45, 7) is 7.49. The van der Waals surface area contributed by atoms with E-state index in [0.29, 0.717) is 22.6 Å². The van der Waals surface area contributed by atoms with E-state index in [1.807, 2.05) is 13.8 Å². The number of alkyl halides is 1. The standard InChI is InChI=1S/C13H17IO6/c1-11(2)16-5-7(18-11)8-9-13(6-14,10(15)17-8)20-12(3,4)19-9/h7H,5-6H2,1-4H3/t7?,13-/m0/s1. The molecule has 2 fully saturated rings. The Morgan fingerprint density at radius 2 is 1.95 bits per heavy atom. The molecule has 0 aromatic carbocycles. The number of hydrogen-bond acceptors (Lipinski definition) is 6. The van der Waals surface area contributed by atoms with E-state index in [-0.39, 0.29) is 0 Å². The minimum absolute atomic E-state index is 0.320. The van der Waals surface area contributed by atoms with Gasteiger partial charge in [0.05, 0.1) is 6.61 Å². The molecule has 2 atom stereocenters. The highest BCUT2D eigenvalue weighted by Crippen LogP contribution is 2.49. The van der Waals surface area contributed by atoms with E-state index >= 15 is 0 Å². The van der Waals surface area contributed by atoms with Gasteiger partial charge in [-0.25, -0.2) is 4.79 Å². The maximum absolute atomic E-state index is 12.3. The molecule has 3 aliphatic rings. The molecule has 112 valence electrons. The van der Waals surface area contributed by atoms with Gasteiger partial charge in [-0.05, 0) is 13.8 Å². The summed E-state index contributed by atoms with van der Waals surface area (Å²) in [5.41, 5.74) is -1.16. The number of ether oxygens (including phenoxy) is 5. The SMILES string of the molecule is CC1(C)OCC(C2=C3OC(C)(C)O[C@]3(CI)C(=O)O2)O1. The fourth-order valence-corrected chi connectivity index (χ4v) is 3.41. The van der Waals surface area contributed by atoms with Crippen molar-refractivity contribution in [3.05, 3.63) is 11.5 Å². The van der Waals surface area contributed by atoms with Crippen LogP contribution in [0.15, 0.2) is 11.5 Å². The molecule has 0 aromatic heterocycles. The number of esters is 1. The lowest BCUT2D eigenvalue weighted by atomic mass is 10.1. The van der Waals surface area contributed by atoms with Gasteiger partial charge in [0.1, 0.15) is 6.10 Å². The van der Waals surface area contributed by atoms with E-state index in [1.54, 1.807) is 13.8 Å². The number of hydrogen-bond donors (Lipinski definition) is 0. The smallest absolute Gasteiger partial charge is 0.352 e. The molecule has 0 spiro atoms. The highest BCUT2D eigenvalue weighted by molar-refractivity contribution is 14.1. The zero-order chi connectivity index (χ0) is 14.8. The Labute approximate surface area is 130 Å². The Balaban J connectivity index is 1.99. The van der Waals surface area contributed by atoms with Crippen LogP contribution in [0.2, 0.25) is 0 Å². The quantitative estimate of drug-likeness (QED) is 0.404. The summed E-state index contributed by atoms with van der Waals surface area (Å²) in [6.07, 6.45) is -0.453. The van der Waals surface area contributed by atoms with Crippen LogP contribution in [0.3, 0.4) is 0 Å². The third-order valence-corrected chi connectivity index (χ3v) is 4.45. The van der Waals surface area contributed by atoms with Crippen molar-refractivity contribution in [3.8, 4) is 0 Å². The monoisotopic (exact) mass is 396 g/mol. The highest BCUT2D eigenvalue weighted by Gasteiger charge is 2.64. The molecule has 0 amide bonds.